The van der Waals surface area contributed by atoms with E-state index < -0.39 is 0 Å². The number of hydrogen-bond donors (Lipinski definition) is 0. The van der Waals surface area contributed by atoms with Crippen molar-refractivity contribution in [2.75, 3.05) is 0 Å². The van der Waals surface area contributed by atoms with Crippen LogP contribution in [0.2, 0.25) is 0 Å². The number of carbonyl (C=O) groups is 1. The Morgan fingerprint density at radius 1 is 1.00 bits per heavy atom. The van der Waals surface area contributed by atoms with Gasteiger partial charge < -0.3 is 0 Å². The number of hydrogen-bond acceptors (Lipinski definition) is 1. The zero-order valence-electron chi connectivity index (χ0n) is 13.2. The maximum atomic E-state index is 12.1. The van der Waals surface area contributed by atoms with E-state index in [9.17, 15) is 4.79 Å². The summed E-state index contributed by atoms with van der Waals surface area (Å²) < 4.78 is 0. The van der Waals surface area contributed by atoms with Crippen LogP contribution < -0.4 is 0 Å². The first-order chi connectivity index (χ1) is 9.86. The van der Waals surface area contributed by atoms with Crippen molar-refractivity contribution in [1.82, 2.24) is 0 Å². The summed E-state index contributed by atoms with van der Waals surface area (Å²) in [5.74, 6) is 0.0404. The zero-order chi connectivity index (χ0) is 15.5. The molecule has 1 nitrogen and oxygen atoms in total. The van der Waals surface area contributed by atoms with E-state index in [2.05, 4.69) is 45.0 Å². The quantitative estimate of drug-likeness (QED) is 0.558. The minimum atomic E-state index is 0.0404. The number of benzene rings is 2. The molecule has 1 heteroatoms. The van der Waals surface area contributed by atoms with Crippen LogP contribution in [0.5, 0.6) is 0 Å². The zero-order valence-corrected chi connectivity index (χ0v) is 13.2. The maximum absolute atomic E-state index is 12.1. The lowest BCUT2D eigenvalue weighted by molar-refractivity contribution is 0.104. The molecule has 0 radical (unpaired) electrons. The largest absolute Gasteiger partial charge is 0.289 e. The molecule has 0 saturated carbocycles. The highest BCUT2D eigenvalue weighted by Gasteiger charge is 2.12. The second kappa shape index (κ2) is 6.09. The van der Waals surface area contributed by atoms with Crippen LogP contribution in [0.15, 0.2) is 54.6 Å². The third kappa shape index (κ3) is 4.16. The Morgan fingerprint density at radius 3 is 2.24 bits per heavy atom. The van der Waals surface area contributed by atoms with E-state index in [1.807, 2.05) is 37.3 Å². The van der Waals surface area contributed by atoms with Gasteiger partial charge in [-0.25, -0.2) is 0 Å². The summed E-state index contributed by atoms with van der Waals surface area (Å²) in [7, 11) is 0. The molecule has 0 heterocycles. The Balaban J connectivity index is 2.12. The van der Waals surface area contributed by atoms with Crippen molar-refractivity contribution in [3.8, 4) is 0 Å². The van der Waals surface area contributed by atoms with Gasteiger partial charge in [0.15, 0.2) is 5.78 Å². The Labute approximate surface area is 127 Å². The van der Waals surface area contributed by atoms with E-state index in [0.717, 1.165) is 16.7 Å². The van der Waals surface area contributed by atoms with Gasteiger partial charge in [0, 0.05) is 5.56 Å². The van der Waals surface area contributed by atoms with Crippen molar-refractivity contribution in [2.45, 2.75) is 33.1 Å². The molecule has 0 atom stereocenters. The van der Waals surface area contributed by atoms with Crippen molar-refractivity contribution in [3.63, 3.8) is 0 Å². The molecule has 0 aliphatic rings. The van der Waals surface area contributed by atoms with Gasteiger partial charge in [0.25, 0.3) is 0 Å². The Hall–Kier alpha value is -2.15. The normalized spacial score (nSPS) is 11.8. The third-order valence-corrected chi connectivity index (χ3v) is 3.51. The molecule has 0 amide bonds. The summed E-state index contributed by atoms with van der Waals surface area (Å²) in [6.07, 6.45) is 3.51. The first-order valence-electron chi connectivity index (χ1n) is 7.26. The molecular weight excluding hydrogens is 256 g/mol. The highest BCUT2D eigenvalue weighted by molar-refractivity contribution is 6.06. The van der Waals surface area contributed by atoms with Gasteiger partial charge in [-0.1, -0.05) is 74.9 Å². The molecule has 108 valence electrons. The van der Waals surface area contributed by atoms with Crippen LogP contribution in [-0.2, 0) is 5.41 Å². The minimum absolute atomic E-state index is 0.0404. The van der Waals surface area contributed by atoms with Gasteiger partial charge in [-0.05, 0) is 35.6 Å². The molecule has 2 rings (SSSR count). The van der Waals surface area contributed by atoms with E-state index >= 15 is 0 Å². The summed E-state index contributed by atoms with van der Waals surface area (Å²) in [4.78, 5) is 12.1. The van der Waals surface area contributed by atoms with Crippen molar-refractivity contribution in [1.29, 1.82) is 0 Å². The number of rotatable bonds is 3. The molecule has 0 bridgehead atoms. The standard InChI is InChI=1S/C20H22O/c1-15-6-5-7-17(14-15)19(21)13-10-16-8-11-18(12-9-16)20(2,3)4/h5-14H,1-4H3/b13-10+. The second-order valence-electron chi connectivity index (χ2n) is 6.44. The van der Waals surface area contributed by atoms with Crippen LogP contribution in [0, 0.1) is 6.92 Å². The SMILES string of the molecule is Cc1cccc(C(=O)/C=C/c2ccc(C(C)(C)C)cc2)c1. The molecule has 0 aliphatic heterocycles. The van der Waals surface area contributed by atoms with Gasteiger partial charge in [0.2, 0.25) is 0 Å². The summed E-state index contributed by atoms with van der Waals surface area (Å²) in [6, 6.07) is 16.0. The Bertz CT molecular complexity index is 655. The molecule has 0 fully saturated rings. The van der Waals surface area contributed by atoms with Crippen LogP contribution in [0.4, 0.5) is 0 Å². The van der Waals surface area contributed by atoms with Gasteiger partial charge in [-0.15, -0.1) is 0 Å². The van der Waals surface area contributed by atoms with Crippen molar-refractivity contribution >= 4 is 11.9 Å². The fourth-order valence-corrected chi connectivity index (χ4v) is 2.16. The maximum Gasteiger partial charge on any atom is 0.185 e. The smallest absolute Gasteiger partial charge is 0.185 e. The molecule has 0 saturated heterocycles. The monoisotopic (exact) mass is 278 g/mol. The average molecular weight is 278 g/mol. The lowest BCUT2D eigenvalue weighted by Gasteiger charge is -2.18. The first kappa shape index (κ1) is 15.2. The molecule has 0 spiro atoms. The molecule has 0 aliphatic carbocycles. The number of allylic oxidation sites excluding steroid dienone is 1. The van der Waals surface area contributed by atoms with Gasteiger partial charge >= 0.3 is 0 Å². The van der Waals surface area contributed by atoms with Gasteiger partial charge in [-0.3, -0.25) is 4.79 Å². The fraction of sp³-hybridized carbons (Fsp3) is 0.250. The Kier molecular flexibility index (Phi) is 4.42. The second-order valence-corrected chi connectivity index (χ2v) is 6.44. The summed E-state index contributed by atoms with van der Waals surface area (Å²) >= 11 is 0. The van der Waals surface area contributed by atoms with Crippen LogP contribution in [-0.4, -0.2) is 5.78 Å². The predicted molar refractivity (Wildman–Crippen MR) is 89.7 cm³/mol. The molecule has 0 unspecified atom stereocenters. The topological polar surface area (TPSA) is 17.1 Å². The summed E-state index contributed by atoms with van der Waals surface area (Å²) in [5.41, 5.74) is 4.33. The summed E-state index contributed by atoms with van der Waals surface area (Å²) in [6.45, 7) is 8.57. The molecular formula is C20H22O. The van der Waals surface area contributed by atoms with Crippen molar-refractivity contribution < 1.29 is 4.79 Å². The van der Waals surface area contributed by atoms with Crippen LogP contribution in [0.1, 0.15) is 47.8 Å². The van der Waals surface area contributed by atoms with E-state index in [0.29, 0.717) is 0 Å². The van der Waals surface area contributed by atoms with Gasteiger partial charge in [0.1, 0.15) is 0 Å². The Morgan fingerprint density at radius 2 is 1.67 bits per heavy atom. The van der Waals surface area contributed by atoms with Gasteiger partial charge in [-0.2, -0.15) is 0 Å². The highest BCUT2D eigenvalue weighted by atomic mass is 16.1. The average Bonchev–Trinajstić information content (AvgIpc) is 2.44. The third-order valence-electron chi connectivity index (χ3n) is 3.51. The molecule has 0 N–H and O–H groups in total. The van der Waals surface area contributed by atoms with Crippen molar-refractivity contribution in [3.05, 3.63) is 76.9 Å². The molecule has 2 aromatic rings. The highest BCUT2D eigenvalue weighted by Crippen LogP contribution is 2.22. The van der Waals surface area contributed by atoms with E-state index in [4.69, 9.17) is 0 Å². The van der Waals surface area contributed by atoms with Crippen LogP contribution in [0.25, 0.3) is 6.08 Å². The van der Waals surface area contributed by atoms with E-state index in [1.165, 1.54) is 5.56 Å². The van der Waals surface area contributed by atoms with Gasteiger partial charge in [0.05, 0.1) is 0 Å². The van der Waals surface area contributed by atoms with E-state index in [1.54, 1.807) is 6.08 Å². The van der Waals surface area contributed by atoms with E-state index in [-0.39, 0.29) is 11.2 Å². The summed E-state index contributed by atoms with van der Waals surface area (Å²) in [5, 5.41) is 0. The number of aryl methyl sites for hydroxylation is 1. The molecule has 2 aromatic carbocycles. The first-order valence-corrected chi connectivity index (χ1v) is 7.26. The fourth-order valence-electron chi connectivity index (χ4n) is 2.16. The minimum Gasteiger partial charge on any atom is -0.289 e. The number of ketones is 1. The molecule has 21 heavy (non-hydrogen) atoms. The van der Waals surface area contributed by atoms with Crippen LogP contribution >= 0.6 is 0 Å². The lowest BCUT2D eigenvalue weighted by atomic mass is 9.87. The number of carbonyl (C=O) groups excluding carboxylic acids is 1. The lowest BCUT2D eigenvalue weighted by Crippen LogP contribution is -2.10. The van der Waals surface area contributed by atoms with Crippen LogP contribution in [0.3, 0.4) is 0 Å². The predicted octanol–water partition coefficient (Wildman–Crippen LogP) is 5.19. The molecule has 0 aromatic heterocycles. The van der Waals surface area contributed by atoms with Crippen molar-refractivity contribution in [2.24, 2.45) is 0 Å².